The Morgan fingerprint density at radius 2 is 1.89 bits per heavy atom. The van der Waals surface area contributed by atoms with Crippen molar-refractivity contribution in [3.05, 3.63) is 29.8 Å². The van der Waals surface area contributed by atoms with Gasteiger partial charge in [-0.1, -0.05) is 26.0 Å². The number of aliphatic hydroxyl groups excluding tert-OH is 1. The highest BCUT2D eigenvalue weighted by atomic mass is 32.2. The van der Waals surface area contributed by atoms with E-state index in [0.29, 0.717) is 5.56 Å². The van der Waals surface area contributed by atoms with Crippen molar-refractivity contribution in [3.8, 4) is 0 Å². The molecule has 4 nitrogen and oxygen atoms in total. The van der Waals surface area contributed by atoms with Crippen LogP contribution in [0.1, 0.15) is 45.3 Å². The first-order valence-electron chi connectivity index (χ1n) is 6.21. The molecular weight excluding hydrogens is 250 g/mol. The summed E-state index contributed by atoms with van der Waals surface area (Å²) in [6, 6.07) is 6.35. The van der Waals surface area contributed by atoms with Gasteiger partial charge in [0, 0.05) is 6.04 Å². The third kappa shape index (κ3) is 3.80. The molecule has 0 saturated carbocycles. The molecular formula is C13H21NO3S. The molecule has 1 rings (SSSR count). The van der Waals surface area contributed by atoms with Crippen LogP contribution < -0.4 is 4.72 Å². The van der Waals surface area contributed by atoms with Crippen molar-refractivity contribution in [2.45, 2.75) is 50.7 Å². The van der Waals surface area contributed by atoms with Crippen LogP contribution in [0.3, 0.4) is 0 Å². The maximum absolute atomic E-state index is 12.1. The Kier molecular flexibility index (Phi) is 5.31. The first-order valence-corrected chi connectivity index (χ1v) is 7.69. The second kappa shape index (κ2) is 6.31. The van der Waals surface area contributed by atoms with Crippen molar-refractivity contribution in [2.75, 3.05) is 0 Å². The molecule has 1 aromatic carbocycles. The van der Waals surface area contributed by atoms with Crippen LogP contribution in [0, 0.1) is 0 Å². The lowest BCUT2D eigenvalue weighted by atomic mass is 10.1. The summed E-state index contributed by atoms with van der Waals surface area (Å²) in [7, 11) is -3.50. The highest BCUT2D eigenvalue weighted by Crippen LogP contribution is 2.17. The SMILES string of the molecule is CCC(CC)NS(=O)(=O)c1cccc(C(C)O)c1. The van der Waals surface area contributed by atoms with Gasteiger partial charge in [-0.2, -0.15) is 0 Å². The van der Waals surface area contributed by atoms with Gasteiger partial charge in [0.2, 0.25) is 10.0 Å². The van der Waals surface area contributed by atoms with Crippen LogP contribution in [-0.2, 0) is 10.0 Å². The molecule has 0 spiro atoms. The maximum Gasteiger partial charge on any atom is 0.240 e. The smallest absolute Gasteiger partial charge is 0.240 e. The summed E-state index contributed by atoms with van der Waals surface area (Å²) in [5.41, 5.74) is 0.599. The van der Waals surface area contributed by atoms with E-state index in [-0.39, 0.29) is 10.9 Å². The van der Waals surface area contributed by atoms with E-state index in [1.807, 2.05) is 13.8 Å². The Morgan fingerprint density at radius 3 is 2.39 bits per heavy atom. The van der Waals surface area contributed by atoms with Crippen molar-refractivity contribution in [3.63, 3.8) is 0 Å². The second-order valence-electron chi connectivity index (χ2n) is 4.38. The molecule has 0 aliphatic carbocycles. The molecule has 1 aromatic rings. The molecule has 2 N–H and O–H groups in total. The molecule has 0 fully saturated rings. The number of hydrogen-bond donors (Lipinski definition) is 2. The second-order valence-corrected chi connectivity index (χ2v) is 6.10. The van der Waals surface area contributed by atoms with Crippen molar-refractivity contribution in [2.24, 2.45) is 0 Å². The Hall–Kier alpha value is -0.910. The Labute approximate surface area is 109 Å². The summed E-state index contributed by atoms with van der Waals surface area (Å²) in [5.74, 6) is 0. The highest BCUT2D eigenvalue weighted by Gasteiger charge is 2.18. The Morgan fingerprint density at radius 1 is 1.28 bits per heavy atom. The number of nitrogens with one attached hydrogen (secondary N) is 1. The van der Waals surface area contributed by atoms with E-state index < -0.39 is 16.1 Å². The molecule has 1 unspecified atom stereocenters. The molecule has 0 bridgehead atoms. The van der Waals surface area contributed by atoms with E-state index in [2.05, 4.69) is 4.72 Å². The van der Waals surface area contributed by atoms with Gasteiger partial charge >= 0.3 is 0 Å². The van der Waals surface area contributed by atoms with E-state index in [4.69, 9.17) is 0 Å². The first kappa shape index (κ1) is 15.1. The predicted octanol–water partition coefficient (Wildman–Crippen LogP) is 2.21. The molecule has 102 valence electrons. The van der Waals surface area contributed by atoms with Gasteiger partial charge in [-0.05, 0) is 37.5 Å². The normalized spacial score (nSPS) is 13.8. The summed E-state index contributed by atoms with van der Waals surface area (Å²) >= 11 is 0. The summed E-state index contributed by atoms with van der Waals surface area (Å²) in [6.07, 6.45) is 0.839. The largest absolute Gasteiger partial charge is 0.389 e. The molecule has 0 saturated heterocycles. The lowest BCUT2D eigenvalue weighted by Crippen LogP contribution is -2.33. The monoisotopic (exact) mass is 271 g/mol. The fourth-order valence-corrected chi connectivity index (χ4v) is 3.14. The number of hydrogen-bond acceptors (Lipinski definition) is 3. The van der Waals surface area contributed by atoms with Crippen LogP contribution in [-0.4, -0.2) is 19.6 Å². The molecule has 0 radical (unpaired) electrons. The standard InChI is InChI=1S/C13H21NO3S/c1-4-12(5-2)14-18(16,17)13-8-6-7-11(9-13)10(3)15/h6-10,12,14-15H,4-5H2,1-3H3. The maximum atomic E-state index is 12.1. The molecule has 0 aromatic heterocycles. The molecule has 5 heteroatoms. The fraction of sp³-hybridized carbons (Fsp3) is 0.538. The number of rotatable bonds is 6. The Bertz CT molecular complexity index is 479. The van der Waals surface area contributed by atoms with Crippen molar-refractivity contribution in [1.82, 2.24) is 4.72 Å². The summed E-state index contributed by atoms with van der Waals surface area (Å²) in [6.45, 7) is 5.51. The van der Waals surface area contributed by atoms with Gasteiger partial charge in [0.25, 0.3) is 0 Å². The van der Waals surface area contributed by atoms with Gasteiger partial charge in [-0.15, -0.1) is 0 Å². The van der Waals surface area contributed by atoms with Gasteiger partial charge in [0.1, 0.15) is 0 Å². The van der Waals surface area contributed by atoms with Gasteiger partial charge in [-0.3, -0.25) is 0 Å². The van der Waals surface area contributed by atoms with Gasteiger partial charge < -0.3 is 5.11 Å². The van der Waals surface area contributed by atoms with Crippen LogP contribution >= 0.6 is 0 Å². The minimum atomic E-state index is -3.50. The quantitative estimate of drug-likeness (QED) is 0.833. The predicted molar refractivity (Wildman–Crippen MR) is 71.8 cm³/mol. The van der Waals surface area contributed by atoms with Gasteiger partial charge in [0.05, 0.1) is 11.0 Å². The van der Waals surface area contributed by atoms with Crippen LogP contribution in [0.25, 0.3) is 0 Å². The van der Waals surface area contributed by atoms with Crippen LogP contribution in [0.4, 0.5) is 0 Å². The van der Waals surface area contributed by atoms with Crippen LogP contribution in [0.15, 0.2) is 29.2 Å². The summed E-state index contributed by atoms with van der Waals surface area (Å²) in [4.78, 5) is 0.202. The van der Waals surface area contributed by atoms with E-state index >= 15 is 0 Å². The third-order valence-corrected chi connectivity index (χ3v) is 4.48. The Balaban J connectivity index is 3.01. The molecule has 1 atom stereocenters. The zero-order chi connectivity index (χ0) is 13.8. The number of sulfonamides is 1. The molecule has 18 heavy (non-hydrogen) atoms. The highest BCUT2D eigenvalue weighted by molar-refractivity contribution is 7.89. The lowest BCUT2D eigenvalue weighted by molar-refractivity contribution is 0.199. The van der Waals surface area contributed by atoms with E-state index in [1.165, 1.54) is 12.1 Å². The number of aliphatic hydroxyl groups is 1. The first-order chi connectivity index (χ1) is 8.40. The zero-order valence-electron chi connectivity index (χ0n) is 11.1. The fourth-order valence-electron chi connectivity index (χ4n) is 1.68. The average Bonchev–Trinajstić information content (AvgIpc) is 2.36. The van der Waals surface area contributed by atoms with E-state index in [9.17, 15) is 13.5 Å². The van der Waals surface area contributed by atoms with Crippen molar-refractivity contribution in [1.29, 1.82) is 0 Å². The minimum absolute atomic E-state index is 0.0507. The van der Waals surface area contributed by atoms with Crippen molar-refractivity contribution >= 4 is 10.0 Å². The van der Waals surface area contributed by atoms with Crippen molar-refractivity contribution < 1.29 is 13.5 Å². The summed E-state index contributed by atoms with van der Waals surface area (Å²) in [5, 5.41) is 9.47. The van der Waals surface area contributed by atoms with Crippen LogP contribution in [0.2, 0.25) is 0 Å². The molecule has 0 aliphatic rings. The molecule has 0 amide bonds. The van der Waals surface area contributed by atoms with Gasteiger partial charge in [-0.25, -0.2) is 13.1 Å². The topological polar surface area (TPSA) is 66.4 Å². The number of benzene rings is 1. The summed E-state index contributed by atoms with van der Waals surface area (Å²) < 4.78 is 27.0. The van der Waals surface area contributed by atoms with Crippen LogP contribution in [0.5, 0.6) is 0 Å². The average molecular weight is 271 g/mol. The van der Waals surface area contributed by atoms with E-state index in [0.717, 1.165) is 12.8 Å². The molecule has 0 heterocycles. The van der Waals surface area contributed by atoms with Gasteiger partial charge in [0.15, 0.2) is 0 Å². The minimum Gasteiger partial charge on any atom is -0.389 e. The third-order valence-electron chi connectivity index (χ3n) is 2.96. The lowest BCUT2D eigenvalue weighted by Gasteiger charge is -2.15. The van der Waals surface area contributed by atoms with E-state index in [1.54, 1.807) is 19.1 Å². The zero-order valence-corrected chi connectivity index (χ0v) is 11.9. The molecule has 0 aliphatic heterocycles.